The molecule has 1 fully saturated rings. The molecular weight excluding hydrogens is 315 g/mol. The smallest absolute Gasteiger partial charge is 0.316 e. The summed E-state index contributed by atoms with van der Waals surface area (Å²) in [5.41, 5.74) is -1.18. The maximum Gasteiger partial charge on any atom is 0.316 e. The van der Waals surface area contributed by atoms with Crippen molar-refractivity contribution in [3.63, 3.8) is 0 Å². The van der Waals surface area contributed by atoms with Crippen molar-refractivity contribution >= 4 is 29.2 Å². The summed E-state index contributed by atoms with van der Waals surface area (Å²) in [6, 6.07) is 0. The first kappa shape index (κ1) is 17.9. The highest BCUT2D eigenvalue weighted by molar-refractivity contribution is 6.23. The van der Waals surface area contributed by atoms with Crippen LogP contribution in [0.2, 0.25) is 0 Å². The van der Waals surface area contributed by atoms with Gasteiger partial charge in [-0.05, 0) is 6.92 Å². The van der Waals surface area contributed by atoms with E-state index in [1.165, 1.54) is 6.92 Å². The zero-order valence-electron chi connectivity index (χ0n) is 10.8. The molecule has 0 aromatic carbocycles. The topological polar surface area (TPSA) is 116 Å². The molecule has 9 heteroatoms. The number of hydrogen-bond donors (Lipinski definition) is 4. The number of ether oxygens (including phenoxy) is 2. The molecule has 0 radical (unpaired) electrons. The van der Waals surface area contributed by atoms with Gasteiger partial charge in [0.05, 0.1) is 12.0 Å². The van der Waals surface area contributed by atoms with Crippen molar-refractivity contribution in [3.8, 4) is 0 Å². The van der Waals surface area contributed by atoms with Crippen LogP contribution in [0, 0.1) is 5.41 Å². The highest BCUT2D eigenvalue weighted by Crippen LogP contribution is 2.27. The molecule has 1 rings (SSSR count). The number of rotatable bonds is 5. The van der Waals surface area contributed by atoms with E-state index in [0.717, 1.165) is 0 Å². The lowest BCUT2D eigenvalue weighted by atomic mass is 9.96. The first-order chi connectivity index (χ1) is 9.30. The quantitative estimate of drug-likeness (QED) is 0.369. The molecule has 5 atom stereocenters. The Morgan fingerprint density at radius 1 is 1.20 bits per heavy atom. The summed E-state index contributed by atoms with van der Waals surface area (Å²) in [6.07, 6.45) is -7.45. The third-order valence-electron chi connectivity index (χ3n) is 3.15. The average Bonchev–Trinajstić information content (AvgIpc) is 2.46. The van der Waals surface area contributed by atoms with Crippen LogP contribution in [0.1, 0.15) is 6.92 Å². The summed E-state index contributed by atoms with van der Waals surface area (Å²) in [6.45, 7) is 0.862. The Bertz CT molecular complexity index is 335. The van der Waals surface area contributed by atoms with Crippen LogP contribution in [-0.4, -0.2) is 75.5 Å². The predicted molar refractivity (Wildman–Crippen MR) is 69.4 cm³/mol. The van der Waals surface area contributed by atoms with Crippen molar-refractivity contribution in [2.24, 2.45) is 5.41 Å². The number of aliphatic hydroxyl groups excluding tert-OH is 4. The molecule has 0 amide bonds. The molecule has 1 aliphatic heterocycles. The molecule has 0 aromatic heterocycles. The fourth-order valence-corrected chi connectivity index (χ4v) is 2.06. The summed E-state index contributed by atoms with van der Waals surface area (Å²) in [5.74, 6) is -1.02. The van der Waals surface area contributed by atoms with Crippen molar-refractivity contribution in [1.82, 2.24) is 0 Å². The van der Waals surface area contributed by atoms with Crippen LogP contribution in [0.5, 0.6) is 0 Å². The number of carbonyl (C=O) groups excluding carboxylic acids is 1. The third kappa shape index (κ3) is 3.54. The zero-order chi connectivity index (χ0) is 15.5. The van der Waals surface area contributed by atoms with Gasteiger partial charge in [0.2, 0.25) is 6.29 Å². The molecule has 0 saturated carbocycles. The standard InChI is InChI=1S/C11H18Cl2O7/c1-11(3-12,4-13)10(18)20-9-8(17)7(16)6(15)5(2-14)19-9/h5-9,14-17H,2-4H2,1H3/t5-,6-,7+,8-,9?/m1/s1. The number of aliphatic hydroxyl groups is 4. The summed E-state index contributed by atoms with van der Waals surface area (Å²) in [7, 11) is 0. The van der Waals surface area contributed by atoms with Crippen LogP contribution in [0.3, 0.4) is 0 Å². The Labute approximate surface area is 126 Å². The third-order valence-corrected chi connectivity index (χ3v) is 4.33. The zero-order valence-corrected chi connectivity index (χ0v) is 12.3. The lowest BCUT2D eigenvalue weighted by Crippen LogP contribution is -2.60. The Morgan fingerprint density at radius 3 is 2.20 bits per heavy atom. The largest absolute Gasteiger partial charge is 0.432 e. The van der Waals surface area contributed by atoms with E-state index >= 15 is 0 Å². The second kappa shape index (κ2) is 7.22. The van der Waals surface area contributed by atoms with Crippen molar-refractivity contribution in [2.45, 2.75) is 37.6 Å². The van der Waals surface area contributed by atoms with Crippen molar-refractivity contribution in [2.75, 3.05) is 18.4 Å². The molecule has 118 valence electrons. The number of halogens is 2. The molecule has 1 aliphatic rings. The average molecular weight is 333 g/mol. The second-order valence-electron chi connectivity index (χ2n) is 4.93. The van der Waals surface area contributed by atoms with Crippen LogP contribution in [-0.2, 0) is 14.3 Å². The minimum Gasteiger partial charge on any atom is -0.432 e. The summed E-state index contributed by atoms with van der Waals surface area (Å²) >= 11 is 11.3. The number of carbonyl (C=O) groups is 1. The second-order valence-corrected chi connectivity index (χ2v) is 5.47. The lowest BCUT2D eigenvalue weighted by Gasteiger charge is -2.40. The van der Waals surface area contributed by atoms with E-state index < -0.39 is 48.7 Å². The molecule has 0 bridgehead atoms. The van der Waals surface area contributed by atoms with Gasteiger partial charge in [-0.3, -0.25) is 4.79 Å². The van der Waals surface area contributed by atoms with E-state index in [1.807, 2.05) is 0 Å². The lowest BCUT2D eigenvalue weighted by molar-refractivity contribution is -0.294. The van der Waals surface area contributed by atoms with Gasteiger partial charge in [0.1, 0.15) is 24.4 Å². The number of esters is 1. The minimum absolute atomic E-state index is 0.104. The molecule has 0 aromatic rings. The van der Waals surface area contributed by atoms with Gasteiger partial charge in [-0.2, -0.15) is 0 Å². The van der Waals surface area contributed by atoms with Gasteiger partial charge in [0, 0.05) is 11.8 Å². The van der Waals surface area contributed by atoms with Gasteiger partial charge >= 0.3 is 5.97 Å². The fraction of sp³-hybridized carbons (Fsp3) is 0.909. The molecule has 20 heavy (non-hydrogen) atoms. The van der Waals surface area contributed by atoms with Crippen LogP contribution in [0.4, 0.5) is 0 Å². The van der Waals surface area contributed by atoms with Crippen molar-refractivity contribution in [3.05, 3.63) is 0 Å². The van der Waals surface area contributed by atoms with Gasteiger partial charge in [-0.1, -0.05) is 0 Å². The van der Waals surface area contributed by atoms with E-state index in [0.29, 0.717) is 0 Å². The summed E-state index contributed by atoms with van der Waals surface area (Å²) in [5, 5.41) is 37.9. The van der Waals surface area contributed by atoms with Crippen molar-refractivity contribution < 1.29 is 34.7 Å². The molecule has 1 unspecified atom stereocenters. The Hall–Kier alpha value is -0.150. The Kier molecular flexibility index (Phi) is 6.46. The first-order valence-electron chi connectivity index (χ1n) is 5.94. The summed E-state index contributed by atoms with van der Waals surface area (Å²) < 4.78 is 9.99. The monoisotopic (exact) mass is 332 g/mol. The molecule has 0 spiro atoms. The maximum atomic E-state index is 11.9. The van der Waals surface area contributed by atoms with E-state index in [1.54, 1.807) is 0 Å². The van der Waals surface area contributed by atoms with E-state index in [4.69, 9.17) is 37.8 Å². The number of alkyl halides is 2. The molecule has 4 N–H and O–H groups in total. The minimum atomic E-state index is -1.65. The van der Waals surface area contributed by atoms with Gasteiger partial charge in [-0.15, -0.1) is 23.2 Å². The molecule has 7 nitrogen and oxygen atoms in total. The van der Waals surface area contributed by atoms with E-state index in [9.17, 15) is 20.1 Å². The van der Waals surface area contributed by atoms with Crippen molar-refractivity contribution in [1.29, 1.82) is 0 Å². The maximum absolute atomic E-state index is 11.9. The Balaban J connectivity index is 2.78. The molecule has 1 saturated heterocycles. The number of hydrogen-bond acceptors (Lipinski definition) is 7. The van der Waals surface area contributed by atoms with E-state index in [-0.39, 0.29) is 11.8 Å². The van der Waals surface area contributed by atoms with Crippen LogP contribution < -0.4 is 0 Å². The predicted octanol–water partition coefficient (Wildman–Crippen LogP) is -1.19. The Morgan fingerprint density at radius 2 is 1.75 bits per heavy atom. The normalized spacial score (nSPS) is 34.9. The molecular formula is C11H18Cl2O7. The SMILES string of the molecule is CC(CCl)(CCl)C(=O)OC1O[C@H](CO)[C@@H](O)[C@H](O)[C@H]1O. The fourth-order valence-electron chi connectivity index (χ4n) is 1.56. The van der Waals surface area contributed by atoms with E-state index in [2.05, 4.69) is 0 Å². The van der Waals surface area contributed by atoms with Gasteiger partial charge < -0.3 is 29.9 Å². The molecule has 1 heterocycles. The van der Waals surface area contributed by atoms with Gasteiger partial charge in [0.15, 0.2) is 0 Å². The van der Waals surface area contributed by atoms with Crippen LogP contribution in [0.25, 0.3) is 0 Å². The highest BCUT2D eigenvalue weighted by atomic mass is 35.5. The highest BCUT2D eigenvalue weighted by Gasteiger charge is 2.47. The van der Waals surface area contributed by atoms with Crippen LogP contribution in [0.15, 0.2) is 0 Å². The molecule has 0 aliphatic carbocycles. The van der Waals surface area contributed by atoms with Gasteiger partial charge in [-0.25, -0.2) is 0 Å². The first-order valence-corrected chi connectivity index (χ1v) is 7.01. The summed E-state index contributed by atoms with van der Waals surface area (Å²) in [4.78, 5) is 11.9. The van der Waals surface area contributed by atoms with Crippen LogP contribution >= 0.6 is 23.2 Å². The van der Waals surface area contributed by atoms with Gasteiger partial charge in [0.25, 0.3) is 0 Å².